The summed E-state index contributed by atoms with van der Waals surface area (Å²) in [4.78, 5) is 0.172. The molecule has 2 aromatic carbocycles. The molecule has 0 unspecified atom stereocenters. The van der Waals surface area contributed by atoms with Crippen LogP contribution in [0.5, 0.6) is 5.75 Å². The first-order chi connectivity index (χ1) is 14.2. The minimum Gasteiger partial charge on any atom is -0.492 e. The predicted molar refractivity (Wildman–Crippen MR) is 116 cm³/mol. The molecule has 3 rings (SSSR count). The highest BCUT2D eigenvalue weighted by atomic mass is 35.5. The van der Waals surface area contributed by atoms with Crippen LogP contribution in [0.4, 0.5) is 0 Å². The third-order valence-electron chi connectivity index (χ3n) is 4.84. The normalized spacial score (nSPS) is 15.8. The van der Waals surface area contributed by atoms with Gasteiger partial charge in [-0.2, -0.15) is 4.31 Å². The van der Waals surface area contributed by atoms with Crippen LogP contribution in [0.25, 0.3) is 0 Å². The van der Waals surface area contributed by atoms with Gasteiger partial charge >= 0.3 is 0 Å². The minimum atomic E-state index is -3.88. The molecule has 0 bridgehead atoms. The molecule has 1 N–H and O–H groups in total. The summed E-state index contributed by atoms with van der Waals surface area (Å²) in [6.45, 7) is 3.15. The molecule has 7 nitrogen and oxygen atoms in total. The average molecular weight is 473 g/mol. The monoisotopic (exact) mass is 472 g/mol. The molecule has 0 amide bonds. The van der Waals surface area contributed by atoms with Crippen molar-refractivity contribution in [2.75, 3.05) is 19.7 Å². The highest BCUT2D eigenvalue weighted by molar-refractivity contribution is 7.89. The van der Waals surface area contributed by atoms with Crippen LogP contribution < -0.4 is 9.46 Å². The van der Waals surface area contributed by atoms with Gasteiger partial charge in [-0.3, -0.25) is 0 Å². The smallest absolute Gasteiger partial charge is 0.244 e. The zero-order valence-electron chi connectivity index (χ0n) is 16.7. The molecule has 0 atom stereocenters. The second-order valence-electron chi connectivity index (χ2n) is 6.96. The number of nitrogens with zero attached hydrogens (tertiary/aromatic N) is 1. The number of hydrogen-bond acceptors (Lipinski definition) is 5. The lowest BCUT2D eigenvalue weighted by atomic mass is 10.2. The van der Waals surface area contributed by atoms with Gasteiger partial charge in [0.15, 0.2) is 0 Å². The van der Waals surface area contributed by atoms with Gasteiger partial charge in [-0.05, 0) is 55.7 Å². The highest BCUT2D eigenvalue weighted by Gasteiger charge is 2.26. The molecule has 0 aromatic heterocycles. The Kier molecular flexibility index (Phi) is 7.41. The molecule has 1 aliphatic rings. The molecule has 0 spiro atoms. The molecule has 2 aromatic rings. The standard InChI is InChI=1S/C20H25ClN2O5S2/c1-2-28-19-11-8-17(21)14-20(19)29(24,25)22-15-16-6-9-18(10-7-16)30(26,27)23-12-4-3-5-13-23/h6-11,14,22H,2-5,12-13,15H2,1H3. The Morgan fingerprint density at radius 3 is 2.30 bits per heavy atom. The first-order valence-electron chi connectivity index (χ1n) is 9.75. The molecule has 0 radical (unpaired) electrons. The van der Waals surface area contributed by atoms with E-state index in [-0.39, 0.29) is 27.1 Å². The maximum Gasteiger partial charge on any atom is 0.244 e. The SMILES string of the molecule is CCOc1ccc(Cl)cc1S(=O)(=O)NCc1ccc(S(=O)(=O)N2CCCCC2)cc1. The molecular formula is C20H25ClN2O5S2. The van der Waals surface area contributed by atoms with Gasteiger partial charge in [-0.1, -0.05) is 30.2 Å². The molecule has 1 fully saturated rings. The summed E-state index contributed by atoms with van der Waals surface area (Å²) in [5, 5.41) is 0.283. The quantitative estimate of drug-likeness (QED) is 0.635. The van der Waals surface area contributed by atoms with E-state index in [0.717, 1.165) is 19.3 Å². The molecule has 164 valence electrons. The minimum absolute atomic E-state index is 0.00442. The number of ether oxygens (including phenoxy) is 1. The van der Waals surface area contributed by atoms with Crippen LogP contribution in [-0.2, 0) is 26.6 Å². The second kappa shape index (κ2) is 9.65. The molecule has 30 heavy (non-hydrogen) atoms. The molecule has 0 aliphatic carbocycles. The van der Waals surface area contributed by atoms with Gasteiger partial charge in [0, 0.05) is 24.7 Å². The van der Waals surface area contributed by atoms with E-state index in [4.69, 9.17) is 16.3 Å². The van der Waals surface area contributed by atoms with Gasteiger partial charge in [0.1, 0.15) is 10.6 Å². The number of halogens is 1. The van der Waals surface area contributed by atoms with E-state index >= 15 is 0 Å². The number of hydrogen-bond donors (Lipinski definition) is 1. The summed E-state index contributed by atoms with van der Waals surface area (Å²) in [6, 6.07) is 10.7. The van der Waals surface area contributed by atoms with Crippen LogP contribution >= 0.6 is 11.6 Å². The molecule has 1 saturated heterocycles. The summed E-state index contributed by atoms with van der Waals surface area (Å²) >= 11 is 5.96. The van der Waals surface area contributed by atoms with Gasteiger partial charge < -0.3 is 4.74 Å². The van der Waals surface area contributed by atoms with E-state index in [0.29, 0.717) is 25.3 Å². The fraction of sp³-hybridized carbons (Fsp3) is 0.400. The summed E-state index contributed by atoms with van der Waals surface area (Å²) in [6.07, 6.45) is 2.78. The van der Waals surface area contributed by atoms with Gasteiger partial charge in [0.05, 0.1) is 11.5 Å². The number of nitrogens with one attached hydrogen (secondary N) is 1. The van der Waals surface area contributed by atoms with Crippen molar-refractivity contribution in [2.45, 2.75) is 42.5 Å². The highest BCUT2D eigenvalue weighted by Crippen LogP contribution is 2.27. The maximum atomic E-state index is 12.7. The zero-order valence-corrected chi connectivity index (χ0v) is 19.1. The molecule has 1 heterocycles. The van der Waals surface area contributed by atoms with Crippen molar-refractivity contribution in [2.24, 2.45) is 0 Å². The van der Waals surface area contributed by atoms with Crippen molar-refractivity contribution in [3.63, 3.8) is 0 Å². The van der Waals surface area contributed by atoms with E-state index in [1.165, 1.54) is 28.6 Å². The van der Waals surface area contributed by atoms with Crippen LogP contribution in [0.2, 0.25) is 5.02 Å². The average Bonchev–Trinajstić information content (AvgIpc) is 2.74. The maximum absolute atomic E-state index is 12.7. The lowest BCUT2D eigenvalue weighted by molar-refractivity contribution is 0.331. The Bertz CT molecular complexity index is 1080. The van der Waals surface area contributed by atoms with Crippen molar-refractivity contribution in [1.29, 1.82) is 0 Å². The van der Waals surface area contributed by atoms with Crippen molar-refractivity contribution in [3.05, 3.63) is 53.1 Å². The third kappa shape index (κ3) is 5.33. The summed E-state index contributed by atoms with van der Waals surface area (Å²) in [7, 11) is -7.39. The summed E-state index contributed by atoms with van der Waals surface area (Å²) in [5.74, 6) is 0.220. The van der Waals surface area contributed by atoms with Crippen molar-refractivity contribution >= 4 is 31.6 Å². The molecular weight excluding hydrogens is 448 g/mol. The van der Waals surface area contributed by atoms with Crippen LogP contribution in [0, 0.1) is 0 Å². The largest absolute Gasteiger partial charge is 0.492 e. The summed E-state index contributed by atoms with van der Waals surface area (Å²) < 4.78 is 60.3. The lowest BCUT2D eigenvalue weighted by Crippen LogP contribution is -2.35. The zero-order chi connectivity index (χ0) is 21.8. The van der Waals surface area contributed by atoms with E-state index in [1.807, 2.05) is 0 Å². The summed E-state index contributed by atoms with van der Waals surface area (Å²) in [5.41, 5.74) is 0.635. The van der Waals surface area contributed by atoms with E-state index in [1.54, 1.807) is 25.1 Å². The van der Waals surface area contributed by atoms with Crippen LogP contribution in [0.1, 0.15) is 31.7 Å². The van der Waals surface area contributed by atoms with Gasteiger partial charge in [-0.25, -0.2) is 21.6 Å². The molecule has 10 heteroatoms. The van der Waals surface area contributed by atoms with Crippen LogP contribution in [-0.4, -0.2) is 40.8 Å². The Morgan fingerprint density at radius 1 is 1.00 bits per heavy atom. The lowest BCUT2D eigenvalue weighted by Gasteiger charge is -2.25. The first kappa shape index (κ1) is 23.0. The topological polar surface area (TPSA) is 92.8 Å². The number of rotatable bonds is 8. The van der Waals surface area contributed by atoms with Crippen molar-refractivity contribution in [3.8, 4) is 5.75 Å². The predicted octanol–water partition coefficient (Wildman–Crippen LogP) is 3.39. The van der Waals surface area contributed by atoms with E-state index < -0.39 is 20.0 Å². The number of piperidine rings is 1. The fourth-order valence-corrected chi connectivity index (χ4v) is 6.20. The Labute approximate surface area is 183 Å². The number of benzene rings is 2. The molecule has 0 saturated carbocycles. The number of sulfonamides is 2. The fourth-order valence-electron chi connectivity index (χ4n) is 3.26. The Balaban J connectivity index is 1.73. The Morgan fingerprint density at radius 2 is 1.67 bits per heavy atom. The second-order valence-corrected chi connectivity index (χ2v) is 11.1. The van der Waals surface area contributed by atoms with Crippen molar-refractivity contribution < 1.29 is 21.6 Å². The van der Waals surface area contributed by atoms with Gasteiger partial charge in [-0.15, -0.1) is 0 Å². The van der Waals surface area contributed by atoms with Gasteiger partial charge in [0.2, 0.25) is 20.0 Å². The molecule has 1 aliphatic heterocycles. The van der Waals surface area contributed by atoms with E-state index in [2.05, 4.69) is 4.72 Å². The Hall–Kier alpha value is -1.65. The van der Waals surface area contributed by atoms with E-state index in [9.17, 15) is 16.8 Å². The van der Waals surface area contributed by atoms with Crippen LogP contribution in [0.3, 0.4) is 0 Å². The first-order valence-corrected chi connectivity index (χ1v) is 13.1. The van der Waals surface area contributed by atoms with Gasteiger partial charge in [0.25, 0.3) is 0 Å². The van der Waals surface area contributed by atoms with Crippen LogP contribution in [0.15, 0.2) is 52.3 Å². The third-order valence-corrected chi connectivity index (χ3v) is 8.41. The van der Waals surface area contributed by atoms with Crippen molar-refractivity contribution in [1.82, 2.24) is 9.03 Å².